The first-order valence-corrected chi connectivity index (χ1v) is 12.3. The number of hydrogen-bond donors (Lipinski definition) is 0. The third-order valence-electron chi connectivity index (χ3n) is 7.49. The number of halogens is 2. The lowest BCUT2D eigenvalue weighted by atomic mass is 9.76. The monoisotopic (exact) mass is 489 g/mol. The Hall–Kier alpha value is -3.21. The molecule has 1 spiro atoms. The first kappa shape index (κ1) is 23.5. The lowest BCUT2D eigenvalue weighted by Gasteiger charge is -2.43. The van der Waals surface area contributed by atoms with Gasteiger partial charge >= 0.3 is 0 Å². The Kier molecular flexibility index (Phi) is 6.12. The fourth-order valence-corrected chi connectivity index (χ4v) is 5.88. The highest BCUT2D eigenvalue weighted by Crippen LogP contribution is 2.45. The molecule has 35 heavy (non-hydrogen) atoms. The lowest BCUT2D eigenvalue weighted by Crippen LogP contribution is -2.47. The summed E-state index contributed by atoms with van der Waals surface area (Å²) in [5.74, 6) is 0.217. The molecular formula is C28H29ClFN5. The summed E-state index contributed by atoms with van der Waals surface area (Å²) in [7, 11) is 1.86. The molecule has 7 heteroatoms. The summed E-state index contributed by atoms with van der Waals surface area (Å²) < 4.78 is 15.5. The average Bonchev–Trinajstić information content (AvgIpc) is 3.19. The second-order valence-corrected chi connectivity index (χ2v) is 10.1. The van der Waals surface area contributed by atoms with Gasteiger partial charge in [0.1, 0.15) is 5.70 Å². The van der Waals surface area contributed by atoms with Crippen molar-refractivity contribution >= 4 is 23.1 Å². The van der Waals surface area contributed by atoms with Gasteiger partial charge in [0, 0.05) is 49.9 Å². The van der Waals surface area contributed by atoms with Crippen LogP contribution in [-0.4, -0.2) is 45.7 Å². The van der Waals surface area contributed by atoms with Gasteiger partial charge in [-0.05, 0) is 62.6 Å². The van der Waals surface area contributed by atoms with E-state index in [2.05, 4.69) is 33.2 Å². The minimum atomic E-state index is -0.425. The van der Waals surface area contributed by atoms with Gasteiger partial charge in [0.2, 0.25) is 0 Å². The van der Waals surface area contributed by atoms with E-state index in [0.717, 1.165) is 61.4 Å². The predicted molar refractivity (Wildman–Crippen MR) is 139 cm³/mol. The predicted octanol–water partition coefficient (Wildman–Crippen LogP) is 5.87. The van der Waals surface area contributed by atoms with E-state index in [4.69, 9.17) is 16.6 Å². The number of aryl methyl sites for hydroxylation is 1. The molecule has 0 N–H and O–H groups in total. The maximum absolute atomic E-state index is 15.5. The zero-order valence-corrected chi connectivity index (χ0v) is 21.2. The second-order valence-electron chi connectivity index (χ2n) is 9.68. The van der Waals surface area contributed by atoms with Crippen LogP contribution in [0.15, 0.2) is 71.2 Å². The van der Waals surface area contributed by atoms with Gasteiger partial charge in [-0.3, -0.25) is 9.97 Å². The molecule has 0 unspecified atom stereocenters. The SMILES string of the molecule is C=C=C/C(F)=C1/C(N2CCC3(CC2)Cc2cccnc2C3)=NC(C)=C(c2ccnc(C)c2Cl)N1C. The Morgan fingerprint density at radius 3 is 2.66 bits per heavy atom. The van der Waals surface area contributed by atoms with E-state index < -0.39 is 5.83 Å². The molecule has 0 aromatic carbocycles. The standard InChI is InChI=1S/C28H29ClFN5/c1-5-7-22(30)26-27(33-19(3)25(34(26)4)21-9-13-31-18(2)24(21)29)35-14-10-28(11-15-35)16-20-8-6-12-32-23(20)17-28/h6-9,12-13H,1,10-11,14-17H2,2-4H3/b26-22+. The van der Waals surface area contributed by atoms with Crippen LogP contribution in [-0.2, 0) is 12.8 Å². The first-order chi connectivity index (χ1) is 16.8. The van der Waals surface area contributed by atoms with Gasteiger partial charge in [-0.15, -0.1) is 5.73 Å². The number of likely N-dealkylation sites (tertiary alicyclic amines) is 1. The van der Waals surface area contributed by atoms with E-state index in [0.29, 0.717) is 16.6 Å². The Morgan fingerprint density at radius 1 is 1.17 bits per heavy atom. The fraction of sp³-hybridized carbons (Fsp3) is 0.357. The molecule has 0 amide bonds. The van der Waals surface area contributed by atoms with Crippen molar-refractivity contribution in [2.45, 2.75) is 39.5 Å². The molecule has 5 nitrogen and oxygen atoms in total. The van der Waals surface area contributed by atoms with Gasteiger partial charge in [0.05, 0.1) is 22.1 Å². The van der Waals surface area contributed by atoms with E-state index in [1.807, 2.05) is 44.1 Å². The number of aliphatic imine (C=N–C) groups is 1. The summed E-state index contributed by atoms with van der Waals surface area (Å²) in [5.41, 5.74) is 8.85. The van der Waals surface area contributed by atoms with Crippen LogP contribution in [0.4, 0.5) is 4.39 Å². The van der Waals surface area contributed by atoms with Crippen molar-refractivity contribution in [1.29, 1.82) is 0 Å². The molecule has 1 saturated heterocycles. The molecule has 5 rings (SSSR count). The Balaban J connectivity index is 1.50. The summed E-state index contributed by atoms with van der Waals surface area (Å²) in [6.07, 6.45) is 8.98. The molecule has 4 heterocycles. The molecule has 1 fully saturated rings. The van der Waals surface area contributed by atoms with Gasteiger partial charge in [-0.1, -0.05) is 24.2 Å². The molecular weight excluding hydrogens is 461 g/mol. The van der Waals surface area contributed by atoms with Crippen LogP contribution in [0.25, 0.3) is 5.70 Å². The third-order valence-corrected chi connectivity index (χ3v) is 7.97. The number of amidine groups is 1. The third kappa shape index (κ3) is 4.11. The number of nitrogens with zero attached hydrogens (tertiary/aromatic N) is 5. The molecule has 2 aliphatic heterocycles. The summed E-state index contributed by atoms with van der Waals surface area (Å²) >= 11 is 6.61. The van der Waals surface area contributed by atoms with E-state index in [9.17, 15) is 0 Å². The maximum atomic E-state index is 15.5. The number of aromatic nitrogens is 2. The molecule has 0 atom stereocenters. The van der Waals surface area contributed by atoms with Crippen molar-refractivity contribution in [1.82, 2.24) is 19.8 Å². The van der Waals surface area contributed by atoms with Crippen molar-refractivity contribution in [3.05, 3.63) is 93.7 Å². The number of hydrogen-bond acceptors (Lipinski definition) is 5. The molecule has 0 radical (unpaired) electrons. The Labute approximate surface area is 211 Å². The van der Waals surface area contributed by atoms with Crippen molar-refractivity contribution in [2.75, 3.05) is 20.1 Å². The minimum Gasteiger partial charge on any atom is -0.355 e. The smallest absolute Gasteiger partial charge is 0.158 e. The number of pyridine rings is 2. The van der Waals surface area contributed by atoms with Gasteiger partial charge in [-0.2, -0.15) is 0 Å². The van der Waals surface area contributed by atoms with Gasteiger partial charge < -0.3 is 9.80 Å². The zero-order valence-electron chi connectivity index (χ0n) is 20.4. The van der Waals surface area contributed by atoms with Crippen LogP contribution in [0, 0.1) is 12.3 Å². The van der Waals surface area contributed by atoms with Crippen LogP contribution >= 0.6 is 11.6 Å². The summed E-state index contributed by atoms with van der Waals surface area (Å²) in [6, 6.07) is 6.07. The van der Waals surface area contributed by atoms with Crippen LogP contribution in [0.2, 0.25) is 5.02 Å². The van der Waals surface area contributed by atoms with E-state index in [1.165, 1.54) is 17.3 Å². The second kappa shape index (κ2) is 9.10. The summed E-state index contributed by atoms with van der Waals surface area (Å²) in [6.45, 7) is 9.00. The van der Waals surface area contributed by atoms with E-state index in [-0.39, 0.29) is 5.41 Å². The van der Waals surface area contributed by atoms with Crippen LogP contribution < -0.4 is 0 Å². The number of allylic oxidation sites excluding steroid dienone is 3. The van der Waals surface area contributed by atoms with E-state index >= 15 is 4.39 Å². The van der Waals surface area contributed by atoms with Crippen LogP contribution in [0.5, 0.6) is 0 Å². The highest BCUT2D eigenvalue weighted by Gasteiger charge is 2.42. The Bertz CT molecular complexity index is 1300. The molecule has 3 aliphatic rings. The normalized spacial score (nSPS) is 20.5. The highest BCUT2D eigenvalue weighted by atomic mass is 35.5. The van der Waals surface area contributed by atoms with Crippen molar-refractivity contribution in [3.8, 4) is 0 Å². The molecule has 0 saturated carbocycles. The number of likely N-dealkylation sites (N-methyl/N-ethyl adjacent to an activating group) is 1. The van der Waals surface area contributed by atoms with Gasteiger partial charge in [0.15, 0.2) is 11.7 Å². The highest BCUT2D eigenvalue weighted by molar-refractivity contribution is 6.33. The summed E-state index contributed by atoms with van der Waals surface area (Å²) in [4.78, 5) is 17.9. The minimum absolute atomic E-state index is 0.232. The maximum Gasteiger partial charge on any atom is 0.158 e. The van der Waals surface area contributed by atoms with Crippen molar-refractivity contribution in [2.24, 2.45) is 10.4 Å². The number of piperidine rings is 1. The summed E-state index contributed by atoms with van der Waals surface area (Å²) in [5, 5.41) is 0.542. The van der Waals surface area contributed by atoms with Crippen molar-refractivity contribution < 1.29 is 4.39 Å². The molecule has 0 bridgehead atoms. The number of rotatable bonds is 2. The van der Waals surface area contributed by atoms with Crippen molar-refractivity contribution in [3.63, 3.8) is 0 Å². The largest absolute Gasteiger partial charge is 0.355 e. The molecule has 2 aromatic heterocycles. The topological polar surface area (TPSA) is 44.6 Å². The molecule has 180 valence electrons. The molecule has 2 aromatic rings. The fourth-order valence-electron chi connectivity index (χ4n) is 5.68. The first-order valence-electron chi connectivity index (χ1n) is 11.9. The Morgan fingerprint density at radius 2 is 1.94 bits per heavy atom. The van der Waals surface area contributed by atoms with Gasteiger partial charge in [-0.25, -0.2) is 9.38 Å². The molecule has 1 aliphatic carbocycles. The average molecular weight is 490 g/mol. The van der Waals surface area contributed by atoms with Gasteiger partial charge in [0.25, 0.3) is 0 Å². The quantitative estimate of drug-likeness (QED) is 0.494. The zero-order chi connectivity index (χ0) is 24.7. The number of fused-ring (bicyclic) bond motifs is 1. The lowest BCUT2D eigenvalue weighted by molar-refractivity contribution is 0.156. The van der Waals surface area contributed by atoms with Crippen LogP contribution in [0.3, 0.4) is 0 Å². The van der Waals surface area contributed by atoms with Crippen LogP contribution in [0.1, 0.15) is 42.3 Å². The van der Waals surface area contributed by atoms with E-state index in [1.54, 1.807) is 6.20 Å².